The Morgan fingerprint density at radius 1 is 1.40 bits per heavy atom. The van der Waals surface area contributed by atoms with Crippen LogP contribution in [0.2, 0.25) is 5.15 Å². The summed E-state index contributed by atoms with van der Waals surface area (Å²) in [6, 6.07) is 1.56. The molecule has 1 fully saturated rings. The number of hydrogen-bond acceptors (Lipinski definition) is 4. The molecule has 0 aromatic carbocycles. The third kappa shape index (κ3) is 2.66. The smallest absolute Gasteiger partial charge is 0.166 e. The van der Waals surface area contributed by atoms with Crippen LogP contribution in [-0.2, 0) is 9.73 Å². The zero-order chi connectivity index (χ0) is 10.9. The van der Waals surface area contributed by atoms with E-state index in [-0.39, 0.29) is 0 Å². The third-order valence-electron chi connectivity index (χ3n) is 2.23. The van der Waals surface area contributed by atoms with Crippen molar-refractivity contribution >= 4 is 27.1 Å². The zero-order valence-corrected chi connectivity index (χ0v) is 10.0. The molecule has 1 aromatic heterocycles. The average Bonchev–Trinajstić information content (AvgIpc) is 2.49. The van der Waals surface area contributed by atoms with Gasteiger partial charge in [-0.1, -0.05) is 11.6 Å². The van der Waals surface area contributed by atoms with Crippen LogP contribution in [0, 0.1) is 6.92 Å². The minimum atomic E-state index is -2.06. The molecule has 0 bridgehead atoms. The fourth-order valence-corrected chi connectivity index (χ4v) is 3.93. The Morgan fingerprint density at radius 3 is 2.67 bits per heavy atom. The Labute approximate surface area is 94.3 Å². The van der Waals surface area contributed by atoms with Crippen molar-refractivity contribution in [2.24, 2.45) is 4.36 Å². The molecule has 6 heteroatoms. The molecule has 0 saturated carbocycles. The summed E-state index contributed by atoms with van der Waals surface area (Å²) in [4.78, 5) is 8.03. The molecule has 0 aliphatic carbocycles. The van der Waals surface area contributed by atoms with E-state index in [4.69, 9.17) is 11.6 Å². The third-order valence-corrected chi connectivity index (χ3v) is 4.80. The molecule has 0 unspecified atom stereocenters. The van der Waals surface area contributed by atoms with Gasteiger partial charge in [0.25, 0.3) is 0 Å². The lowest BCUT2D eigenvalue weighted by molar-refractivity contribution is 0.681. The summed E-state index contributed by atoms with van der Waals surface area (Å²) in [7, 11) is -2.06. The van der Waals surface area contributed by atoms with E-state index in [2.05, 4.69) is 14.3 Å². The van der Waals surface area contributed by atoms with Gasteiger partial charge in [-0.25, -0.2) is 14.2 Å². The summed E-state index contributed by atoms with van der Waals surface area (Å²) in [5.74, 6) is 2.35. The van der Waals surface area contributed by atoms with Gasteiger partial charge >= 0.3 is 0 Å². The Balaban J connectivity index is 2.42. The highest BCUT2D eigenvalue weighted by atomic mass is 35.5. The van der Waals surface area contributed by atoms with E-state index >= 15 is 0 Å². The first kappa shape index (κ1) is 10.8. The average molecular weight is 246 g/mol. The van der Waals surface area contributed by atoms with Crippen LogP contribution in [0.15, 0.2) is 10.4 Å². The first-order valence-electron chi connectivity index (χ1n) is 4.81. The zero-order valence-electron chi connectivity index (χ0n) is 8.44. The van der Waals surface area contributed by atoms with Crippen LogP contribution < -0.4 is 0 Å². The van der Waals surface area contributed by atoms with E-state index < -0.39 is 9.73 Å². The molecular weight excluding hydrogens is 234 g/mol. The Morgan fingerprint density at radius 2 is 2.07 bits per heavy atom. The molecule has 2 rings (SSSR count). The summed E-state index contributed by atoms with van der Waals surface area (Å²) in [5.41, 5.74) is 0. The summed E-state index contributed by atoms with van der Waals surface area (Å²) in [6.45, 7) is 1.74. The fourth-order valence-electron chi connectivity index (χ4n) is 1.58. The maximum Gasteiger partial charge on any atom is 0.166 e. The second-order valence-electron chi connectivity index (χ2n) is 3.58. The molecule has 0 spiro atoms. The van der Waals surface area contributed by atoms with E-state index in [0.717, 1.165) is 12.8 Å². The molecule has 0 N–H and O–H groups in total. The summed E-state index contributed by atoms with van der Waals surface area (Å²) >= 11 is 5.78. The number of nitrogens with zero attached hydrogens (tertiary/aromatic N) is 3. The van der Waals surface area contributed by atoms with Crippen molar-refractivity contribution in [2.75, 3.05) is 11.5 Å². The fraction of sp³-hybridized carbons (Fsp3) is 0.556. The molecule has 0 atom stereocenters. The predicted molar refractivity (Wildman–Crippen MR) is 61.0 cm³/mol. The van der Waals surface area contributed by atoms with Gasteiger partial charge in [-0.05, 0) is 19.8 Å². The number of aryl methyl sites for hydroxylation is 1. The van der Waals surface area contributed by atoms with Gasteiger partial charge in [0, 0.05) is 17.6 Å². The molecule has 1 aliphatic heterocycles. The highest BCUT2D eigenvalue weighted by Crippen LogP contribution is 2.21. The normalized spacial score (nSPS) is 19.1. The predicted octanol–water partition coefficient (Wildman–Crippen LogP) is 2.33. The first-order chi connectivity index (χ1) is 7.07. The standard InChI is InChI=1S/C9H12ClN3OS/c1-7-11-8(10)6-9(12-7)13-15(14)4-2-3-5-15/h6H,2-5H2,1H3. The Hall–Kier alpha value is -0.680. The van der Waals surface area contributed by atoms with Gasteiger partial charge in [0.15, 0.2) is 5.82 Å². The van der Waals surface area contributed by atoms with Crippen molar-refractivity contribution in [3.8, 4) is 0 Å². The lowest BCUT2D eigenvalue weighted by atomic mass is 10.4. The van der Waals surface area contributed by atoms with Gasteiger partial charge < -0.3 is 0 Å². The molecule has 4 nitrogen and oxygen atoms in total. The quantitative estimate of drug-likeness (QED) is 0.714. The second kappa shape index (κ2) is 4.06. The van der Waals surface area contributed by atoms with Crippen LogP contribution in [0.4, 0.5) is 5.82 Å². The van der Waals surface area contributed by atoms with Crippen LogP contribution in [0.1, 0.15) is 18.7 Å². The van der Waals surface area contributed by atoms with Crippen molar-refractivity contribution in [3.63, 3.8) is 0 Å². The molecule has 82 valence electrons. The SMILES string of the molecule is Cc1nc(Cl)cc(N=S2(=O)CCCC2)n1. The minimum absolute atomic E-state index is 0.349. The summed E-state index contributed by atoms with van der Waals surface area (Å²) in [6.07, 6.45) is 1.97. The molecule has 1 aromatic rings. The largest absolute Gasteiger partial charge is 0.249 e. The molecule has 15 heavy (non-hydrogen) atoms. The van der Waals surface area contributed by atoms with Crippen molar-refractivity contribution in [1.29, 1.82) is 0 Å². The van der Waals surface area contributed by atoms with E-state index in [1.54, 1.807) is 13.0 Å². The summed E-state index contributed by atoms with van der Waals surface area (Å²) < 4.78 is 16.3. The summed E-state index contributed by atoms with van der Waals surface area (Å²) in [5, 5.41) is 0.349. The lowest BCUT2D eigenvalue weighted by Gasteiger charge is -2.00. The van der Waals surface area contributed by atoms with Crippen molar-refractivity contribution < 1.29 is 4.21 Å². The van der Waals surface area contributed by atoms with Crippen LogP contribution in [-0.4, -0.2) is 25.7 Å². The van der Waals surface area contributed by atoms with Gasteiger partial charge in [-0.15, -0.1) is 0 Å². The van der Waals surface area contributed by atoms with Gasteiger partial charge in [0.2, 0.25) is 0 Å². The topological polar surface area (TPSA) is 55.2 Å². The molecule has 1 aliphatic rings. The van der Waals surface area contributed by atoms with Crippen LogP contribution in [0.25, 0.3) is 0 Å². The van der Waals surface area contributed by atoms with Gasteiger partial charge in [0.1, 0.15) is 11.0 Å². The van der Waals surface area contributed by atoms with Gasteiger partial charge in [-0.3, -0.25) is 0 Å². The van der Waals surface area contributed by atoms with E-state index in [0.29, 0.717) is 28.3 Å². The monoisotopic (exact) mass is 245 g/mol. The number of hydrogen-bond donors (Lipinski definition) is 0. The van der Waals surface area contributed by atoms with E-state index in [9.17, 15) is 4.21 Å². The second-order valence-corrected chi connectivity index (χ2v) is 6.51. The highest BCUT2D eigenvalue weighted by Gasteiger charge is 2.16. The molecule has 1 saturated heterocycles. The number of rotatable bonds is 1. The lowest BCUT2D eigenvalue weighted by Crippen LogP contribution is -2.00. The van der Waals surface area contributed by atoms with Crippen LogP contribution >= 0.6 is 11.6 Å². The Kier molecular flexibility index (Phi) is 2.93. The van der Waals surface area contributed by atoms with Crippen LogP contribution in [0.5, 0.6) is 0 Å². The maximum atomic E-state index is 12.1. The Bertz CT molecular complexity index is 462. The van der Waals surface area contributed by atoms with Crippen molar-refractivity contribution in [3.05, 3.63) is 17.0 Å². The first-order valence-corrected chi connectivity index (χ1v) is 7.04. The number of aromatic nitrogens is 2. The van der Waals surface area contributed by atoms with Crippen LogP contribution in [0.3, 0.4) is 0 Å². The van der Waals surface area contributed by atoms with Crippen molar-refractivity contribution in [2.45, 2.75) is 19.8 Å². The molecular formula is C9H12ClN3OS. The molecule has 2 heterocycles. The van der Waals surface area contributed by atoms with E-state index in [1.807, 2.05) is 0 Å². The van der Waals surface area contributed by atoms with Crippen molar-refractivity contribution in [1.82, 2.24) is 9.97 Å². The minimum Gasteiger partial charge on any atom is -0.249 e. The molecule has 0 amide bonds. The van der Waals surface area contributed by atoms with Gasteiger partial charge in [-0.2, -0.15) is 4.36 Å². The number of halogens is 1. The molecule has 0 radical (unpaired) electrons. The maximum absolute atomic E-state index is 12.1. The highest BCUT2D eigenvalue weighted by molar-refractivity contribution is 7.93. The van der Waals surface area contributed by atoms with Gasteiger partial charge in [0.05, 0.1) is 9.73 Å². The van der Waals surface area contributed by atoms with E-state index in [1.165, 1.54) is 0 Å².